The summed E-state index contributed by atoms with van der Waals surface area (Å²) < 4.78 is 21.2. The number of nitrogens with zero attached hydrogens (tertiary/aromatic N) is 3. The third kappa shape index (κ3) is 3.58. The lowest BCUT2D eigenvalue weighted by Crippen LogP contribution is -2.25. The van der Waals surface area contributed by atoms with E-state index in [2.05, 4.69) is 15.0 Å². The summed E-state index contributed by atoms with van der Waals surface area (Å²) in [6.07, 6.45) is 3.29. The molecule has 1 aliphatic heterocycles. The highest BCUT2D eigenvalue weighted by atomic mass is 35.5. The van der Waals surface area contributed by atoms with E-state index in [0.29, 0.717) is 42.4 Å². The maximum absolute atomic E-state index is 13.5. The number of halogens is 2. The van der Waals surface area contributed by atoms with Crippen LogP contribution in [0.2, 0.25) is 5.02 Å². The summed E-state index contributed by atoms with van der Waals surface area (Å²) in [5.41, 5.74) is 3.32. The number of pyridine rings is 1. The van der Waals surface area contributed by atoms with Crippen molar-refractivity contribution in [1.29, 1.82) is 0 Å². The first kappa shape index (κ1) is 18.8. The van der Waals surface area contributed by atoms with E-state index in [1.807, 2.05) is 18.2 Å². The molecule has 152 valence electrons. The molecule has 0 spiro atoms. The second kappa shape index (κ2) is 7.59. The molecule has 0 atom stereocenters. The van der Waals surface area contributed by atoms with Crippen LogP contribution in [0.1, 0.15) is 11.1 Å². The lowest BCUT2D eigenvalue weighted by molar-refractivity contribution is 0.219. The van der Waals surface area contributed by atoms with Crippen molar-refractivity contribution in [2.45, 2.75) is 13.1 Å². The second-order valence-corrected chi connectivity index (χ2v) is 7.70. The molecule has 3 heterocycles. The van der Waals surface area contributed by atoms with Crippen molar-refractivity contribution >= 4 is 22.5 Å². The van der Waals surface area contributed by atoms with Crippen LogP contribution in [0.5, 0.6) is 5.75 Å². The number of fused-ring (bicyclic) bond motifs is 2. The third-order valence-electron chi connectivity index (χ3n) is 5.17. The number of hydrogen-bond donors (Lipinski definition) is 1. The number of aromatic nitrogens is 3. The zero-order valence-electron chi connectivity index (χ0n) is 15.9. The molecule has 2 aromatic carbocycles. The highest BCUT2D eigenvalue weighted by molar-refractivity contribution is 6.32. The Hall–Kier alpha value is -3.16. The van der Waals surface area contributed by atoms with E-state index in [1.165, 1.54) is 12.1 Å². The molecule has 1 aliphatic rings. The van der Waals surface area contributed by atoms with Crippen molar-refractivity contribution < 1.29 is 9.13 Å². The van der Waals surface area contributed by atoms with Gasteiger partial charge in [-0.1, -0.05) is 11.6 Å². The first-order valence-corrected chi connectivity index (χ1v) is 9.93. The van der Waals surface area contributed by atoms with Gasteiger partial charge in [-0.05, 0) is 42.0 Å². The summed E-state index contributed by atoms with van der Waals surface area (Å²) in [5.74, 6) is 0.363. The Morgan fingerprint density at radius 3 is 2.97 bits per heavy atom. The van der Waals surface area contributed by atoms with Gasteiger partial charge in [-0.3, -0.25) is 9.69 Å². The molecule has 0 bridgehead atoms. The van der Waals surface area contributed by atoms with E-state index in [-0.39, 0.29) is 11.4 Å². The number of nitrogens with one attached hydrogen (secondary N) is 1. The van der Waals surface area contributed by atoms with E-state index >= 15 is 0 Å². The summed E-state index contributed by atoms with van der Waals surface area (Å²) in [4.78, 5) is 16.4. The van der Waals surface area contributed by atoms with Gasteiger partial charge in [0.05, 0.1) is 22.4 Å². The number of rotatable bonds is 3. The van der Waals surface area contributed by atoms with Crippen LogP contribution in [0.4, 0.5) is 4.39 Å². The van der Waals surface area contributed by atoms with Crippen LogP contribution in [0.3, 0.4) is 0 Å². The molecule has 0 saturated heterocycles. The summed E-state index contributed by atoms with van der Waals surface area (Å²) >= 11 is 6.55. The number of H-pyrrole nitrogens is 1. The smallest absolute Gasteiger partial charge is 0.248 e. The molecule has 8 heteroatoms. The fourth-order valence-corrected chi connectivity index (χ4v) is 4.11. The number of hydrogen-bond acceptors (Lipinski definition) is 4. The van der Waals surface area contributed by atoms with Gasteiger partial charge in [0.2, 0.25) is 5.56 Å². The Balaban J connectivity index is 1.51. The highest BCUT2D eigenvalue weighted by Crippen LogP contribution is 2.35. The van der Waals surface area contributed by atoms with Crippen LogP contribution in [0.15, 0.2) is 59.7 Å². The van der Waals surface area contributed by atoms with E-state index in [1.54, 1.807) is 29.2 Å². The first-order valence-electron chi connectivity index (χ1n) is 9.56. The van der Waals surface area contributed by atoms with Crippen LogP contribution >= 0.6 is 11.6 Å². The number of benzene rings is 2. The Labute approximate surface area is 176 Å². The van der Waals surface area contributed by atoms with Gasteiger partial charge in [0.15, 0.2) is 0 Å². The Kier molecular flexibility index (Phi) is 4.77. The van der Waals surface area contributed by atoms with E-state index in [9.17, 15) is 9.18 Å². The number of ether oxygens (including phenoxy) is 1. The molecular weight excluding hydrogens is 407 g/mol. The van der Waals surface area contributed by atoms with Crippen LogP contribution in [-0.2, 0) is 13.1 Å². The average molecular weight is 425 g/mol. The van der Waals surface area contributed by atoms with Gasteiger partial charge in [0, 0.05) is 42.8 Å². The SMILES string of the molecule is O=c1cc(CN2CCOc3c(Cl)cc(-n4ncc5cc(F)ccc54)cc3C2)cc[nH]1. The van der Waals surface area contributed by atoms with Gasteiger partial charge in [0.1, 0.15) is 18.2 Å². The van der Waals surface area contributed by atoms with Crippen LogP contribution in [0, 0.1) is 5.82 Å². The minimum Gasteiger partial charge on any atom is -0.490 e. The van der Waals surface area contributed by atoms with Crippen molar-refractivity contribution in [3.8, 4) is 11.4 Å². The predicted octanol–water partition coefficient (Wildman–Crippen LogP) is 3.90. The number of aromatic amines is 1. The van der Waals surface area contributed by atoms with E-state index in [4.69, 9.17) is 16.3 Å². The van der Waals surface area contributed by atoms with Crippen LogP contribution in [0.25, 0.3) is 16.6 Å². The maximum atomic E-state index is 13.5. The monoisotopic (exact) mass is 424 g/mol. The second-order valence-electron chi connectivity index (χ2n) is 7.30. The minimum absolute atomic E-state index is 0.119. The molecule has 6 nitrogen and oxygen atoms in total. The van der Waals surface area contributed by atoms with Crippen molar-refractivity contribution in [3.63, 3.8) is 0 Å². The van der Waals surface area contributed by atoms with Gasteiger partial charge in [-0.15, -0.1) is 0 Å². The first-order chi connectivity index (χ1) is 14.6. The van der Waals surface area contributed by atoms with Crippen LogP contribution in [-0.4, -0.2) is 32.8 Å². The molecule has 5 rings (SSSR count). The Bertz CT molecular complexity index is 1300. The van der Waals surface area contributed by atoms with Crippen molar-refractivity contribution in [2.75, 3.05) is 13.2 Å². The quantitative estimate of drug-likeness (QED) is 0.541. The van der Waals surface area contributed by atoms with Crippen molar-refractivity contribution in [3.05, 3.63) is 87.2 Å². The molecular formula is C22H18ClFN4O2. The topological polar surface area (TPSA) is 63.1 Å². The minimum atomic E-state index is -0.300. The molecule has 0 amide bonds. The van der Waals surface area contributed by atoms with Gasteiger partial charge in [0.25, 0.3) is 0 Å². The fourth-order valence-electron chi connectivity index (χ4n) is 3.82. The molecule has 30 heavy (non-hydrogen) atoms. The lowest BCUT2D eigenvalue weighted by Gasteiger charge is -2.19. The summed E-state index contributed by atoms with van der Waals surface area (Å²) in [6, 6.07) is 11.9. The summed E-state index contributed by atoms with van der Waals surface area (Å²) in [7, 11) is 0. The molecule has 0 radical (unpaired) electrons. The van der Waals surface area contributed by atoms with E-state index < -0.39 is 0 Å². The van der Waals surface area contributed by atoms with Gasteiger partial charge in [-0.25, -0.2) is 9.07 Å². The molecule has 0 aliphatic carbocycles. The largest absolute Gasteiger partial charge is 0.490 e. The molecule has 1 N–H and O–H groups in total. The molecule has 0 saturated carbocycles. The molecule has 0 unspecified atom stereocenters. The Morgan fingerprint density at radius 2 is 2.10 bits per heavy atom. The van der Waals surface area contributed by atoms with Gasteiger partial charge >= 0.3 is 0 Å². The van der Waals surface area contributed by atoms with Crippen LogP contribution < -0.4 is 10.3 Å². The van der Waals surface area contributed by atoms with Gasteiger partial charge < -0.3 is 9.72 Å². The summed E-state index contributed by atoms with van der Waals surface area (Å²) in [5, 5.41) is 5.64. The molecule has 4 aromatic rings. The highest BCUT2D eigenvalue weighted by Gasteiger charge is 2.20. The van der Waals surface area contributed by atoms with Gasteiger partial charge in [-0.2, -0.15) is 5.10 Å². The lowest BCUT2D eigenvalue weighted by atomic mass is 10.1. The standard InChI is InChI=1S/C22H18ClFN4O2/c23-19-10-18(28-20-2-1-17(24)8-15(20)11-26-28)9-16-13-27(5-6-30-22(16)19)12-14-3-4-25-21(29)7-14/h1-4,7-11H,5-6,12-13H2,(H,25,29). The zero-order valence-corrected chi connectivity index (χ0v) is 16.7. The third-order valence-corrected chi connectivity index (χ3v) is 5.45. The Morgan fingerprint density at radius 1 is 1.20 bits per heavy atom. The van der Waals surface area contributed by atoms with E-state index in [0.717, 1.165) is 22.3 Å². The maximum Gasteiger partial charge on any atom is 0.248 e. The fraction of sp³-hybridized carbons (Fsp3) is 0.182. The summed E-state index contributed by atoms with van der Waals surface area (Å²) in [6.45, 7) is 2.44. The van der Waals surface area contributed by atoms with Crippen molar-refractivity contribution in [2.24, 2.45) is 0 Å². The van der Waals surface area contributed by atoms with Crippen molar-refractivity contribution in [1.82, 2.24) is 19.7 Å². The predicted molar refractivity (Wildman–Crippen MR) is 113 cm³/mol. The normalized spacial score (nSPS) is 14.3. The molecule has 0 fully saturated rings. The zero-order chi connectivity index (χ0) is 20.7. The molecule has 2 aromatic heterocycles. The average Bonchev–Trinajstić information content (AvgIpc) is 3.01.